The minimum atomic E-state index is 0.835. The number of hydrogen-bond donors (Lipinski definition) is 1. The molecule has 0 aliphatic carbocycles. The average molecular weight is 217 g/mol. The monoisotopic (exact) mass is 217 g/mol. The van der Waals surface area contributed by atoms with Crippen molar-refractivity contribution < 1.29 is 0 Å². The smallest absolute Gasteiger partial charge is 0.0377 e. The van der Waals surface area contributed by atoms with Gasteiger partial charge in [-0.2, -0.15) is 0 Å². The zero-order valence-electron chi connectivity index (χ0n) is 9.29. The Labute approximate surface area is 94.6 Å². The molecule has 2 rings (SSSR count). The van der Waals surface area contributed by atoms with E-state index in [0.717, 1.165) is 5.69 Å². The molecule has 0 aliphatic rings. The summed E-state index contributed by atoms with van der Waals surface area (Å²) in [4.78, 5) is 2.73. The standard InChI is InChI=1S/C13H15NS/c1-8-7-11(14)4-5-12(8)13-9(2)6-10(3)15-13/h4-7H,14H2,1-3H3. The molecule has 0 bridgehead atoms. The summed E-state index contributed by atoms with van der Waals surface area (Å²) in [6, 6.07) is 8.35. The molecule has 2 heteroatoms. The van der Waals surface area contributed by atoms with Crippen LogP contribution in [0.1, 0.15) is 16.0 Å². The van der Waals surface area contributed by atoms with Gasteiger partial charge < -0.3 is 5.73 Å². The van der Waals surface area contributed by atoms with Crippen LogP contribution in [0, 0.1) is 20.8 Å². The van der Waals surface area contributed by atoms with Crippen molar-refractivity contribution in [3.63, 3.8) is 0 Å². The van der Waals surface area contributed by atoms with E-state index in [4.69, 9.17) is 5.73 Å². The molecule has 0 spiro atoms. The Hall–Kier alpha value is -1.28. The first kappa shape index (κ1) is 10.2. The summed E-state index contributed by atoms with van der Waals surface area (Å²) in [7, 11) is 0. The van der Waals surface area contributed by atoms with Gasteiger partial charge in [0.25, 0.3) is 0 Å². The molecule has 1 nitrogen and oxygen atoms in total. The molecule has 0 unspecified atom stereocenters. The first-order valence-corrected chi connectivity index (χ1v) is 5.83. The number of nitrogen functional groups attached to an aromatic ring is 1. The van der Waals surface area contributed by atoms with Gasteiger partial charge in [0.15, 0.2) is 0 Å². The molecule has 78 valence electrons. The van der Waals surface area contributed by atoms with Crippen LogP contribution >= 0.6 is 11.3 Å². The lowest BCUT2D eigenvalue weighted by Gasteiger charge is -2.05. The highest BCUT2D eigenvalue weighted by Crippen LogP contribution is 2.34. The molecule has 0 radical (unpaired) electrons. The molecule has 0 atom stereocenters. The van der Waals surface area contributed by atoms with Crippen molar-refractivity contribution in [1.82, 2.24) is 0 Å². The molecule has 1 aromatic carbocycles. The fraction of sp³-hybridized carbons (Fsp3) is 0.231. The van der Waals surface area contributed by atoms with E-state index in [1.165, 1.54) is 26.4 Å². The summed E-state index contributed by atoms with van der Waals surface area (Å²) < 4.78 is 0. The minimum Gasteiger partial charge on any atom is -0.399 e. The number of rotatable bonds is 1. The maximum Gasteiger partial charge on any atom is 0.0377 e. The SMILES string of the molecule is Cc1cc(C)c(-c2ccc(N)cc2C)s1. The second-order valence-corrected chi connectivity index (χ2v) is 5.20. The third-order valence-electron chi connectivity index (χ3n) is 2.54. The number of thiophene rings is 1. The highest BCUT2D eigenvalue weighted by atomic mass is 32.1. The quantitative estimate of drug-likeness (QED) is 0.720. The van der Waals surface area contributed by atoms with Crippen LogP contribution in [-0.2, 0) is 0 Å². The van der Waals surface area contributed by atoms with Gasteiger partial charge in [-0.1, -0.05) is 6.07 Å². The van der Waals surface area contributed by atoms with E-state index in [-0.39, 0.29) is 0 Å². The number of nitrogens with two attached hydrogens (primary N) is 1. The van der Waals surface area contributed by atoms with Gasteiger partial charge in [0, 0.05) is 15.4 Å². The summed E-state index contributed by atoms with van der Waals surface area (Å²) >= 11 is 1.85. The molecule has 1 aromatic heterocycles. The summed E-state index contributed by atoms with van der Waals surface area (Å²) in [6.07, 6.45) is 0. The van der Waals surface area contributed by atoms with Gasteiger partial charge in [-0.3, -0.25) is 0 Å². The average Bonchev–Trinajstić information content (AvgIpc) is 2.45. The molecule has 0 saturated heterocycles. The Bertz CT molecular complexity index is 497. The maximum absolute atomic E-state index is 5.75. The van der Waals surface area contributed by atoms with Crippen molar-refractivity contribution in [1.29, 1.82) is 0 Å². The normalized spacial score (nSPS) is 10.6. The first-order chi connectivity index (χ1) is 7.08. The molecule has 15 heavy (non-hydrogen) atoms. The zero-order chi connectivity index (χ0) is 11.0. The van der Waals surface area contributed by atoms with Gasteiger partial charge in [-0.25, -0.2) is 0 Å². The van der Waals surface area contributed by atoms with Crippen LogP contribution in [0.15, 0.2) is 24.3 Å². The Balaban J connectivity index is 2.59. The topological polar surface area (TPSA) is 26.0 Å². The third kappa shape index (κ3) is 1.90. The molecular formula is C13H15NS. The van der Waals surface area contributed by atoms with Gasteiger partial charge in [0.05, 0.1) is 0 Å². The lowest BCUT2D eigenvalue weighted by molar-refractivity contribution is 1.44. The van der Waals surface area contributed by atoms with Gasteiger partial charge in [0.2, 0.25) is 0 Å². The van der Waals surface area contributed by atoms with Gasteiger partial charge in [-0.15, -0.1) is 11.3 Å². The van der Waals surface area contributed by atoms with Gasteiger partial charge in [0.1, 0.15) is 0 Å². The molecule has 0 saturated carbocycles. The molecule has 0 aliphatic heterocycles. The molecule has 2 aromatic rings. The van der Waals surface area contributed by atoms with Crippen molar-refractivity contribution in [3.05, 3.63) is 40.3 Å². The van der Waals surface area contributed by atoms with E-state index in [9.17, 15) is 0 Å². The lowest BCUT2D eigenvalue weighted by atomic mass is 10.0. The van der Waals surface area contributed by atoms with E-state index in [1.54, 1.807) is 0 Å². The van der Waals surface area contributed by atoms with Gasteiger partial charge in [-0.05, 0) is 55.7 Å². The van der Waals surface area contributed by atoms with E-state index in [2.05, 4.69) is 32.9 Å². The largest absolute Gasteiger partial charge is 0.399 e. The molecule has 0 fully saturated rings. The van der Waals surface area contributed by atoms with E-state index in [1.807, 2.05) is 23.5 Å². The predicted octanol–water partition coefficient (Wildman–Crippen LogP) is 3.92. The lowest BCUT2D eigenvalue weighted by Crippen LogP contribution is -1.87. The summed E-state index contributed by atoms with van der Waals surface area (Å²) in [5.41, 5.74) is 10.5. The highest BCUT2D eigenvalue weighted by Gasteiger charge is 2.08. The molecule has 0 amide bonds. The molecule has 1 heterocycles. The third-order valence-corrected chi connectivity index (χ3v) is 3.72. The Kier molecular flexibility index (Phi) is 2.53. The number of anilines is 1. The van der Waals surface area contributed by atoms with E-state index in [0.29, 0.717) is 0 Å². The minimum absolute atomic E-state index is 0.835. The zero-order valence-corrected chi connectivity index (χ0v) is 10.1. The van der Waals surface area contributed by atoms with E-state index < -0.39 is 0 Å². The fourth-order valence-electron chi connectivity index (χ4n) is 1.85. The maximum atomic E-state index is 5.75. The van der Waals surface area contributed by atoms with Crippen molar-refractivity contribution in [2.75, 3.05) is 5.73 Å². The van der Waals surface area contributed by atoms with Crippen molar-refractivity contribution in [2.24, 2.45) is 0 Å². The predicted molar refractivity (Wildman–Crippen MR) is 68.4 cm³/mol. The van der Waals surface area contributed by atoms with Crippen LogP contribution in [0.4, 0.5) is 5.69 Å². The van der Waals surface area contributed by atoms with Crippen molar-refractivity contribution >= 4 is 17.0 Å². The van der Waals surface area contributed by atoms with Crippen LogP contribution in [0.5, 0.6) is 0 Å². The fourth-order valence-corrected chi connectivity index (χ4v) is 2.97. The summed E-state index contributed by atoms with van der Waals surface area (Å²) in [5.74, 6) is 0. The van der Waals surface area contributed by atoms with Crippen LogP contribution < -0.4 is 5.73 Å². The van der Waals surface area contributed by atoms with Crippen molar-refractivity contribution in [3.8, 4) is 10.4 Å². The van der Waals surface area contributed by atoms with Crippen molar-refractivity contribution in [2.45, 2.75) is 20.8 Å². The first-order valence-electron chi connectivity index (χ1n) is 5.01. The van der Waals surface area contributed by atoms with Crippen LogP contribution in [0.3, 0.4) is 0 Å². The Morgan fingerprint density at radius 1 is 1.00 bits per heavy atom. The Morgan fingerprint density at radius 2 is 1.73 bits per heavy atom. The number of benzene rings is 1. The molecular weight excluding hydrogens is 202 g/mol. The van der Waals surface area contributed by atoms with Crippen LogP contribution in [0.25, 0.3) is 10.4 Å². The Morgan fingerprint density at radius 3 is 2.27 bits per heavy atom. The summed E-state index contributed by atoms with van der Waals surface area (Å²) in [5, 5.41) is 0. The second-order valence-electron chi connectivity index (χ2n) is 3.94. The summed E-state index contributed by atoms with van der Waals surface area (Å²) in [6.45, 7) is 6.42. The van der Waals surface area contributed by atoms with Gasteiger partial charge >= 0.3 is 0 Å². The highest BCUT2D eigenvalue weighted by molar-refractivity contribution is 7.15. The second kappa shape index (κ2) is 3.70. The molecule has 2 N–H and O–H groups in total. The number of aryl methyl sites for hydroxylation is 3. The van der Waals surface area contributed by atoms with Crippen LogP contribution in [0.2, 0.25) is 0 Å². The van der Waals surface area contributed by atoms with Crippen LogP contribution in [-0.4, -0.2) is 0 Å². The number of hydrogen-bond acceptors (Lipinski definition) is 2. The van der Waals surface area contributed by atoms with E-state index >= 15 is 0 Å².